The second-order valence-electron chi connectivity index (χ2n) is 4.95. The van der Waals surface area contributed by atoms with Crippen LogP contribution in [0.4, 0.5) is 13.2 Å². The van der Waals surface area contributed by atoms with E-state index in [4.69, 9.17) is 0 Å². The molecule has 0 aromatic rings. The van der Waals surface area contributed by atoms with E-state index in [2.05, 4.69) is 5.32 Å². The van der Waals surface area contributed by atoms with Gasteiger partial charge in [-0.15, -0.1) is 0 Å². The quantitative estimate of drug-likeness (QED) is 0.772. The van der Waals surface area contributed by atoms with E-state index in [1.165, 1.54) is 0 Å². The standard InChI is InChI=1S/C10H19F3N2/c1-8(6-10(11,12)13)15-5-4-14-9(2,3)7-15/h8,14H,4-7H2,1-3H3. The fourth-order valence-electron chi connectivity index (χ4n) is 2.02. The minimum Gasteiger partial charge on any atom is -0.309 e. The van der Waals surface area contributed by atoms with Crippen molar-refractivity contribution in [3.05, 3.63) is 0 Å². The number of piperazine rings is 1. The van der Waals surface area contributed by atoms with Gasteiger partial charge in [0.1, 0.15) is 0 Å². The summed E-state index contributed by atoms with van der Waals surface area (Å²) in [5.74, 6) is 0. The molecule has 1 unspecified atom stereocenters. The van der Waals surface area contributed by atoms with E-state index in [1.807, 2.05) is 18.7 Å². The van der Waals surface area contributed by atoms with Crippen LogP contribution in [0.3, 0.4) is 0 Å². The Morgan fingerprint density at radius 3 is 2.47 bits per heavy atom. The van der Waals surface area contributed by atoms with Crippen molar-refractivity contribution in [2.24, 2.45) is 0 Å². The van der Waals surface area contributed by atoms with Gasteiger partial charge >= 0.3 is 6.18 Å². The van der Waals surface area contributed by atoms with Crippen molar-refractivity contribution in [2.45, 2.75) is 44.9 Å². The van der Waals surface area contributed by atoms with Crippen molar-refractivity contribution < 1.29 is 13.2 Å². The molecule has 1 heterocycles. The predicted octanol–water partition coefficient (Wildman–Crippen LogP) is 2.01. The first-order valence-electron chi connectivity index (χ1n) is 5.25. The molecule has 0 radical (unpaired) electrons. The number of alkyl halides is 3. The number of nitrogens with zero attached hydrogens (tertiary/aromatic N) is 1. The van der Waals surface area contributed by atoms with E-state index < -0.39 is 18.6 Å². The van der Waals surface area contributed by atoms with Crippen molar-refractivity contribution in [3.63, 3.8) is 0 Å². The van der Waals surface area contributed by atoms with Crippen LogP contribution >= 0.6 is 0 Å². The highest BCUT2D eigenvalue weighted by Gasteiger charge is 2.35. The molecule has 1 N–H and O–H groups in total. The van der Waals surface area contributed by atoms with Crippen LogP contribution in [-0.4, -0.2) is 42.3 Å². The molecule has 15 heavy (non-hydrogen) atoms. The van der Waals surface area contributed by atoms with Crippen molar-refractivity contribution >= 4 is 0 Å². The lowest BCUT2D eigenvalue weighted by Gasteiger charge is -2.42. The molecule has 0 amide bonds. The number of hydrogen-bond acceptors (Lipinski definition) is 2. The lowest BCUT2D eigenvalue weighted by atomic mass is 10.00. The van der Waals surface area contributed by atoms with Crippen LogP contribution in [0, 0.1) is 0 Å². The molecule has 0 aromatic heterocycles. The Morgan fingerprint density at radius 1 is 1.40 bits per heavy atom. The normalized spacial score (nSPS) is 25.2. The Kier molecular flexibility index (Phi) is 3.66. The number of hydrogen-bond donors (Lipinski definition) is 1. The summed E-state index contributed by atoms with van der Waals surface area (Å²) in [5.41, 5.74) is -0.0852. The summed E-state index contributed by atoms with van der Waals surface area (Å²) in [6.07, 6.45) is -4.78. The molecule has 0 aromatic carbocycles. The topological polar surface area (TPSA) is 15.3 Å². The molecule has 1 fully saturated rings. The molecule has 1 atom stereocenters. The van der Waals surface area contributed by atoms with E-state index in [-0.39, 0.29) is 5.54 Å². The van der Waals surface area contributed by atoms with Crippen LogP contribution in [0.5, 0.6) is 0 Å². The van der Waals surface area contributed by atoms with E-state index in [0.29, 0.717) is 13.1 Å². The van der Waals surface area contributed by atoms with Crippen LogP contribution in [0.2, 0.25) is 0 Å². The first kappa shape index (κ1) is 12.8. The number of rotatable bonds is 2. The van der Waals surface area contributed by atoms with Crippen molar-refractivity contribution in [2.75, 3.05) is 19.6 Å². The maximum absolute atomic E-state index is 12.2. The van der Waals surface area contributed by atoms with Crippen LogP contribution in [0.1, 0.15) is 27.2 Å². The highest BCUT2D eigenvalue weighted by molar-refractivity contribution is 4.89. The zero-order valence-corrected chi connectivity index (χ0v) is 9.49. The highest BCUT2D eigenvalue weighted by Crippen LogP contribution is 2.25. The molecule has 0 saturated carbocycles. The monoisotopic (exact) mass is 224 g/mol. The average molecular weight is 224 g/mol. The molecule has 0 aliphatic carbocycles. The van der Waals surface area contributed by atoms with Crippen LogP contribution < -0.4 is 5.32 Å². The smallest absolute Gasteiger partial charge is 0.309 e. The summed E-state index contributed by atoms with van der Waals surface area (Å²) < 4.78 is 36.6. The van der Waals surface area contributed by atoms with Gasteiger partial charge in [0.15, 0.2) is 0 Å². The fraction of sp³-hybridized carbons (Fsp3) is 1.00. The summed E-state index contributed by atoms with van der Waals surface area (Å²) in [5, 5.41) is 3.28. The van der Waals surface area contributed by atoms with E-state index >= 15 is 0 Å². The predicted molar refractivity (Wildman–Crippen MR) is 53.8 cm³/mol. The molecular weight excluding hydrogens is 205 g/mol. The Labute approximate surface area is 88.8 Å². The molecule has 2 nitrogen and oxygen atoms in total. The van der Waals surface area contributed by atoms with Gasteiger partial charge in [0.2, 0.25) is 0 Å². The van der Waals surface area contributed by atoms with Gasteiger partial charge in [-0.05, 0) is 20.8 Å². The average Bonchev–Trinajstić information content (AvgIpc) is 1.99. The first-order valence-corrected chi connectivity index (χ1v) is 5.25. The van der Waals surface area contributed by atoms with Gasteiger partial charge < -0.3 is 5.32 Å². The summed E-state index contributed by atoms with van der Waals surface area (Å²) in [7, 11) is 0. The van der Waals surface area contributed by atoms with Gasteiger partial charge in [-0.25, -0.2) is 0 Å². The molecule has 0 spiro atoms. The SMILES string of the molecule is CC(CC(F)(F)F)N1CCNC(C)(C)C1. The molecule has 0 bridgehead atoms. The molecule has 1 aliphatic heterocycles. The third-order valence-corrected chi connectivity index (χ3v) is 2.75. The van der Waals surface area contributed by atoms with Crippen LogP contribution in [-0.2, 0) is 0 Å². The van der Waals surface area contributed by atoms with Crippen LogP contribution in [0.25, 0.3) is 0 Å². The largest absolute Gasteiger partial charge is 0.390 e. The van der Waals surface area contributed by atoms with E-state index in [0.717, 1.165) is 6.54 Å². The Hall–Kier alpha value is -0.290. The fourth-order valence-corrected chi connectivity index (χ4v) is 2.02. The Bertz CT molecular complexity index is 213. The summed E-state index contributed by atoms with van der Waals surface area (Å²) >= 11 is 0. The second-order valence-corrected chi connectivity index (χ2v) is 4.95. The van der Waals surface area contributed by atoms with Crippen molar-refractivity contribution in [3.8, 4) is 0 Å². The molecule has 1 rings (SSSR count). The summed E-state index contributed by atoms with van der Waals surface area (Å²) in [6, 6.07) is -0.425. The molecule has 1 aliphatic rings. The third kappa shape index (κ3) is 4.38. The van der Waals surface area contributed by atoms with Gasteiger partial charge in [-0.2, -0.15) is 13.2 Å². The maximum Gasteiger partial charge on any atom is 0.390 e. The lowest BCUT2D eigenvalue weighted by molar-refractivity contribution is -0.147. The number of halogens is 3. The van der Waals surface area contributed by atoms with Crippen molar-refractivity contribution in [1.82, 2.24) is 10.2 Å². The summed E-state index contributed by atoms with van der Waals surface area (Å²) in [4.78, 5) is 1.91. The third-order valence-electron chi connectivity index (χ3n) is 2.75. The van der Waals surface area contributed by atoms with Gasteiger partial charge in [-0.1, -0.05) is 0 Å². The zero-order chi connectivity index (χ0) is 11.7. The lowest BCUT2D eigenvalue weighted by Crippen LogP contribution is -2.59. The highest BCUT2D eigenvalue weighted by atomic mass is 19.4. The van der Waals surface area contributed by atoms with Crippen LogP contribution in [0.15, 0.2) is 0 Å². The van der Waals surface area contributed by atoms with Gasteiger partial charge in [0, 0.05) is 31.2 Å². The zero-order valence-electron chi connectivity index (χ0n) is 9.49. The minimum atomic E-state index is -4.06. The maximum atomic E-state index is 12.2. The van der Waals surface area contributed by atoms with Gasteiger partial charge in [0.25, 0.3) is 0 Å². The number of nitrogens with one attached hydrogen (secondary N) is 1. The second kappa shape index (κ2) is 4.29. The molecular formula is C10H19F3N2. The van der Waals surface area contributed by atoms with E-state index in [1.54, 1.807) is 6.92 Å². The molecule has 1 saturated heterocycles. The first-order chi connectivity index (χ1) is 6.70. The van der Waals surface area contributed by atoms with Gasteiger partial charge in [0.05, 0.1) is 6.42 Å². The summed E-state index contributed by atoms with van der Waals surface area (Å²) in [6.45, 7) is 7.80. The van der Waals surface area contributed by atoms with E-state index in [9.17, 15) is 13.2 Å². The Morgan fingerprint density at radius 2 is 2.00 bits per heavy atom. The molecule has 90 valence electrons. The molecule has 5 heteroatoms. The minimum absolute atomic E-state index is 0.0852. The van der Waals surface area contributed by atoms with Crippen molar-refractivity contribution in [1.29, 1.82) is 0 Å². The van der Waals surface area contributed by atoms with Gasteiger partial charge in [-0.3, -0.25) is 4.90 Å². The Balaban J connectivity index is 2.49.